The summed E-state index contributed by atoms with van der Waals surface area (Å²) >= 11 is 0. The molecule has 19 heavy (non-hydrogen) atoms. The van der Waals surface area contributed by atoms with Crippen molar-refractivity contribution >= 4 is 5.97 Å². The van der Waals surface area contributed by atoms with Crippen molar-refractivity contribution in [3.63, 3.8) is 0 Å². The number of benzene rings is 1. The van der Waals surface area contributed by atoms with Crippen molar-refractivity contribution in [2.75, 3.05) is 6.54 Å². The fraction of sp³-hybridized carbons (Fsp3) is 0.357. The van der Waals surface area contributed by atoms with E-state index in [-0.39, 0.29) is 11.5 Å². The minimum atomic E-state index is -0.911. The van der Waals surface area contributed by atoms with E-state index in [0.29, 0.717) is 6.42 Å². The summed E-state index contributed by atoms with van der Waals surface area (Å²) in [5, 5.41) is 10.9. The molecule has 0 bridgehead atoms. The molecule has 0 saturated carbocycles. The van der Waals surface area contributed by atoms with Crippen LogP contribution in [0.25, 0.3) is 0 Å². The summed E-state index contributed by atoms with van der Waals surface area (Å²) in [5.41, 5.74) is -0.105. The molecule has 1 aliphatic heterocycles. The Bertz CT molecular complexity index is 511. The molecule has 1 heterocycles. The second-order valence-electron chi connectivity index (χ2n) is 4.54. The lowest BCUT2D eigenvalue weighted by atomic mass is 9.80. The highest BCUT2D eigenvalue weighted by atomic mass is 16.6. The zero-order valence-electron chi connectivity index (χ0n) is 10.6. The van der Waals surface area contributed by atoms with Crippen molar-refractivity contribution in [1.82, 2.24) is 0 Å². The lowest BCUT2D eigenvalue weighted by Crippen LogP contribution is -2.39. The van der Waals surface area contributed by atoms with E-state index in [4.69, 9.17) is 4.74 Å². The van der Waals surface area contributed by atoms with Crippen molar-refractivity contribution in [1.29, 1.82) is 0 Å². The fourth-order valence-electron chi connectivity index (χ4n) is 2.46. The summed E-state index contributed by atoms with van der Waals surface area (Å²) in [6.45, 7) is 1.59. The number of nitro groups is 1. The Morgan fingerprint density at radius 2 is 2.05 bits per heavy atom. The molecule has 0 aromatic heterocycles. The van der Waals surface area contributed by atoms with Gasteiger partial charge in [0, 0.05) is 11.0 Å². The average Bonchev–Trinajstić information content (AvgIpc) is 2.79. The number of nitrogens with zero attached hydrogens (tertiary/aromatic N) is 1. The summed E-state index contributed by atoms with van der Waals surface area (Å²) < 4.78 is 5.36. The van der Waals surface area contributed by atoms with Crippen LogP contribution in [0.4, 0.5) is 0 Å². The summed E-state index contributed by atoms with van der Waals surface area (Å²) in [4.78, 5) is 21.9. The van der Waals surface area contributed by atoms with Gasteiger partial charge in [-0.2, -0.15) is 0 Å². The average molecular weight is 261 g/mol. The van der Waals surface area contributed by atoms with Gasteiger partial charge in [-0.25, -0.2) is 4.79 Å². The van der Waals surface area contributed by atoms with Gasteiger partial charge in [-0.1, -0.05) is 37.3 Å². The minimum absolute atomic E-state index is 0.268. The van der Waals surface area contributed by atoms with E-state index in [1.165, 1.54) is 6.08 Å². The molecule has 0 N–H and O–H groups in total. The Balaban J connectivity index is 2.40. The van der Waals surface area contributed by atoms with Crippen LogP contribution in [0.2, 0.25) is 0 Å². The smallest absolute Gasteiger partial charge is 0.331 e. The third-order valence-corrected chi connectivity index (χ3v) is 3.47. The van der Waals surface area contributed by atoms with Crippen LogP contribution in [0.5, 0.6) is 0 Å². The zero-order chi connectivity index (χ0) is 13.9. The molecular weight excluding hydrogens is 246 g/mol. The lowest BCUT2D eigenvalue weighted by molar-refractivity contribution is -0.486. The molecule has 100 valence electrons. The number of hydrogen-bond acceptors (Lipinski definition) is 4. The van der Waals surface area contributed by atoms with Crippen LogP contribution in [0.15, 0.2) is 42.5 Å². The van der Waals surface area contributed by atoms with Gasteiger partial charge < -0.3 is 4.74 Å². The SMILES string of the molecule is CC[C@@]1([C@H](C[N+](=O)[O-])c2ccccc2)C=CC(=O)O1. The molecule has 5 heteroatoms. The number of cyclic esters (lactones) is 1. The number of esters is 1. The van der Waals surface area contributed by atoms with Crippen molar-refractivity contribution < 1.29 is 14.5 Å². The topological polar surface area (TPSA) is 69.4 Å². The van der Waals surface area contributed by atoms with Crippen molar-refractivity contribution in [2.45, 2.75) is 24.9 Å². The molecule has 0 aliphatic carbocycles. The first-order valence-corrected chi connectivity index (χ1v) is 6.16. The number of hydrogen-bond donors (Lipinski definition) is 0. The van der Waals surface area contributed by atoms with Crippen LogP contribution in [0.3, 0.4) is 0 Å². The highest BCUT2D eigenvalue weighted by Gasteiger charge is 2.45. The Morgan fingerprint density at radius 3 is 2.53 bits per heavy atom. The van der Waals surface area contributed by atoms with E-state index in [1.54, 1.807) is 6.08 Å². The number of carbonyl (C=O) groups excluding carboxylic acids is 1. The largest absolute Gasteiger partial charge is 0.451 e. The van der Waals surface area contributed by atoms with E-state index in [2.05, 4.69) is 0 Å². The van der Waals surface area contributed by atoms with Crippen LogP contribution in [-0.4, -0.2) is 23.0 Å². The summed E-state index contributed by atoms with van der Waals surface area (Å²) in [6, 6.07) is 9.15. The molecule has 1 aromatic carbocycles. The number of ether oxygens (including phenoxy) is 1. The van der Waals surface area contributed by atoms with Crippen LogP contribution in [0, 0.1) is 10.1 Å². The monoisotopic (exact) mass is 261 g/mol. The molecule has 1 aromatic rings. The Hall–Kier alpha value is -2.17. The van der Waals surface area contributed by atoms with Crippen molar-refractivity contribution in [3.05, 3.63) is 58.2 Å². The number of carbonyl (C=O) groups is 1. The van der Waals surface area contributed by atoms with Crippen LogP contribution in [-0.2, 0) is 9.53 Å². The first-order chi connectivity index (χ1) is 9.07. The summed E-state index contributed by atoms with van der Waals surface area (Å²) in [6.07, 6.45) is 3.50. The maximum Gasteiger partial charge on any atom is 0.331 e. The second-order valence-corrected chi connectivity index (χ2v) is 4.54. The highest BCUT2D eigenvalue weighted by molar-refractivity contribution is 5.85. The van der Waals surface area contributed by atoms with E-state index in [1.807, 2.05) is 37.3 Å². The minimum Gasteiger partial charge on any atom is -0.451 e. The van der Waals surface area contributed by atoms with Gasteiger partial charge in [0.15, 0.2) is 0 Å². The van der Waals surface area contributed by atoms with E-state index < -0.39 is 17.5 Å². The molecule has 2 atom stereocenters. The summed E-state index contributed by atoms with van der Waals surface area (Å²) in [5.74, 6) is -0.914. The van der Waals surface area contributed by atoms with Gasteiger partial charge in [-0.05, 0) is 18.1 Å². The second kappa shape index (κ2) is 5.22. The van der Waals surface area contributed by atoms with Crippen molar-refractivity contribution in [3.8, 4) is 0 Å². The van der Waals surface area contributed by atoms with Crippen LogP contribution >= 0.6 is 0 Å². The van der Waals surface area contributed by atoms with Gasteiger partial charge in [0.2, 0.25) is 6.54 Å². The third kappa shape index (κ3) is 2.65. The highest BCUT2D eigenvalue weighted by Crippen LogP contribution is 2.38. The Kier molecular flexibility index (Phi) is 3.64. The van der Waals surface area contributed by atoms with Gasteiger partial charge in [0.05, 0.1) is 5.92 Å². The third-order valence-electron chi connectivity index (χ3n) is 3.47. The van der Waals surface area contributed by atoms with E-state index in [9.17, 15) is 14.9 Å². The standard InChI is InChI=1S/C14H15NO4/c1-2-14(9-8-13(16)19-14)12(10-15(17)18)11-6-4-3-5-7-11/h3-9,12H,2,10H2,1H3/t12-,14+/m1/s1. The van der Waals surface area contributed by atoms with Crippen molar-refractivity contribution in [2.24, 2.45) is 0 Å². The van der Waals surface area contributed by atoms with E-state index >= 15 is 0 Å². The van der Waals surface area contributed by atoms with E-state index in [0.717, 1.165) is 5.56 Å². The summed E-state index contributed by atoms with van der Waals surface area (Å²) in [7, 11) is 0. The van der Waals surface area contributed by atoms with Crippen LogP contribution < -0.4 is 0 Å². The van der Waals surface area contributed by atoms with Gasteiger partial charge in [0.1, 0.15) is 5.60 Å². The lowest BCUT2D eigenvalue weighted by Gasteiger charge is -2.32. The molecule has 1 aliphatic rings. The predicted octanol–water partition coefficient (Wildman–Crippen LogP) is 2.31. The molecule has 5 nitrogen and oxygen atoms in total. The first-order valence-electron chi connectivity index (χ1n) is 6.16. The van der Waals surface area contributed by atoms with Gasteiger partial charge in [-0.3, -0.25) is 10.1 Å². The quantitative estimate of drug-likeness (QED) is 0.463. The maximum absolute atomic E-state index is 11.4. The number of rotatable bonds is 5. The first kappa shape index (κ1) is 13.3. The fourth-order valence-corrected chi connectivity index (χ4v) is 2.46. The molecule has 0 radical (unpaired) electrons. The molecule has 0 fully saturated rings. The van der Waals surface area contributed by atoms with Gasteiger partial charge in [0.25, 0.3) is 0 Å². The predicted molar refractivity (Wildman–Crippen MR) is 69.3 cm³/mol. The Morgan fingerprint density at radius 1 is 1.37 bits per heavy atom. The van der Waals surface area contributed by atoms with Crippen LogP contribution in [0.1, 0.15) is 24.8 Å². The molecule has 2 rings (SSSR count). The van der Waals surface area contributed by atoms with Gasteiger partial charge >= 0.3 is 5.97 Å². The van der Waals surface area contributed by atoms with Gasteiger partial charge in [-0.15, -0.1) is 0 Å². The molecule has 0 spiro atoms. The molecule has 0 unspecified atom stereocenters. The molecule has 0 amide bonds. The zero-order valence-corrected chi connectivity index (χ0v) is 10.6. The normalized spacial score (nSPS) is 23.1. The maximum atomic E-state index is 11.4. The molecular formula is C14H15NO4. The molecule has 0 saturated heterocycles. The Labute approximate surface area is 111 Å².